The molecule has 1 aromatic heterocycles. The molecule has 1 aliphatic carbocycles. The molecule has 5 nitrogen and oxygen atoms in total. The Labute approximate surface area is 185 Å². The number of rotatable bonds is 7. The average Bonchev–Trinajstić information content (AvgIpc) is 3.19. The minimum Gasteiger partial charge on any atom is -0.343 e. The smallest absolute Gasteiger partial charge is 0.230 e. The monoisotopic (exact) mass is 419 g/mol. The van der Waals surface area contributed by atoms with E-state index in [4.69, 9.17) is 0 Å². The number of hydrogen-bond donors (Lipinski definition) is 0. The molecule has 31 heavy (non-hydrogen) atoms. The van der Waals surface area contributed by atoms with Crippen LogP contribution in [0, 0.1) is 11.3 Å². The number of pyridine rings is 1. The van der Waals surface area contributed by atoms with Crippen LogP contribution < -0.4 is 0 Å². The van der Waals surface area contributed by atoms with Gasteiger partial charge >= 0.3 is 0 Å². The second kappa shape index (κ2) is 9.21. The van der Waals surface area contributed by atoms with Crippen LogP contribution in [-0.2, 0) is 16.0 Å². The molecule has 0 spiro atoms. The van der Waals surface area contributed by atoms with Gasteiger partial charge in [0.2, 0.25) is 11.8 Å². The maximum absolute atomic E-state index is 13.7. The van der Waals surface area contributed by atoms with Crippen LogP contribution in [0.25, 0.3) is 11.1 Å². The second-order valence-corrected chi connectivity index (χ2v) is 9.01. The molecule has 0 bridgehead atoms. The van der Waals surface area contributed by atoms with Gasteiger partial charge in [-0.05, 0) is 62.3 Å². The standard InChI is InChI=1S/C26H33N3O2/c1-3-28(4-2)25(31)26(13-15-29(19-26)24(30)21-9-6-10-21)17-20-8-5-11-22(16-20)23-12-7-14-27-18-23/h5,7-8,11-12,14,16,18,21H,3-4,6,9-10,13,15,17,19H2,1-2H3/t26-/m1/s1. The zero-order valence-corrected chi connectivity index (χ0v) is 18.7. The van der Waals surface area contributed by atoms with E-state index in [2.05, 4.69) is 35.3 Å². The van der Waals surface area contributed by atoms with Crippen LogP contribution in [0.4, 0.5) is 0 Å². The molecule has 2 aliphatic rings. The summed E-state index contributed by atoms with van der Waals surface area (Å²) >= 11 is 0. The highest BCUT2D eigenvalue weighted by Crippen LogP contribution is 2.39. The average molecular weight is 420 g/mol. The number of carbonyl (C=O) groups is 2. The van der Waals surface area contributed by atoms with E-state index in [1.807, 2.05) is 35.9 Å². The number of aromatic nitrogens is 1. The quantitative estimate of drug-likeness (QED) is 0.677. The fourth-order valence-electron chi connectivity index (χ4n) is 5.00. The van der Waals surface area contributed by atoms with Crippen LogP contribution in [0.15, 0.2) is 48.8 Å². The van der Waals surface area contributed by atoms with Crippen LogP contribution in [0.2, 0.25) is 0 Å². The van der Waals surface area contributed by atoms with Gasteiger partial charge in [-0.2, -0.15) is 0 Å². The Morgan fingerprint density at radius 2 is 1.90 bits per heavy atom. The number of benzene rings is 1. The van der Waals surface area contributed by atoms with Crippen molar-refractivity contribution in [1.29, 1.82) is 0 Å². The molecular formula is C26H33N3O2. The van der Waals surface area contributed by atoms with E-state index in [9.17, 15) is 9.59 Å². The van der Waals surface area contributed by atoms with Crippen molar-refractivity contribution in [2.45, 2.75) is 46.0 Å². The summed E-state index contributed by atoms with van der Waals surface area (Å²) < 4.78 is 0. The summed E-state index contributed by atoms with van der Waals surface area (Å²) in [6.07, 6.45) is 8.18. The van der Waals surface area contributed by atoms with E-state index in [0.717, 1.165) is 42.4 Å². The van der Waals surface area contributed by atoms with Crippen molar-refractivity contribution in [3.05, 3.63) is 54.4 Å². The SMILES string of the molecule is CCN(CC)C(=O)[C@@]1(Cc2cccc(-c3cccnc3)c2)CCN(C(=O)C2CCC2)C1. The molecule has 1 saturated heterocycles. The van der Waals surface area contributed by atoms with Crippen LogP contribution in [0.5, 0.6) is 0 Å². The van der Waals surface area contributed by atoms with Gasteiger partial charge in [0.25, 0.3) is 0 Å². The largest absolute Gasteiger partial charge is 0.343 e. The zero-order chi connectivity index (χ0) is 21.8. The van der Waals surface area contributed by atoms with Crippen molar-refractivity contribution in [1.82, 2.24) is 14.8 Å². The Bertz CT molecular complexity index is 921. The molecule has 164 valence electrons. The van der Waals surface area contributed by atoms with E-state index in [1.54, 1.807) is 6.20 Å². The van der Waals surface area contributed by atoms with E-state index in [0.29, 0.717) is 32.6 Å². The Morgan fingerprint density at radius 3 is 2.55 bits per heavy atom. The molecule has 1 aromatic carbocycles. The second-order valence-electron chi connectivity index (χ2n) is 9.01. The van der Waals surface area contributed by atoms with Crippen molar-refractivity contribution in [3.63, 3.8) is 0 Å². The first-order valence-corrected chi connectivity index (χ1v) is 11.6. The molecule has 2 heterocycles. The minimum absolute atomic E-state index is 0.174. The fourth-order valence-corrected chi connectivity index (χ4v) is 5.00. The third kappa shape index (κ3) is 4.36. The first kappa shape index (κ1) is 21.5. The Hall–Kier alpha value is -2.69. The van der Waals surface area contributed by atoms with E-state index < -0.39 is 5.41 Å². The summed E-state index contributed by atoms with van der Waals surface area (Å²) in [4.78, 5) is 34.8. The van der Waals surface area contributed by atoms with E-state index in [-0.39, 0.29) is 17.7 Å². The summed E-state index contributed by atoms with van der Waals surface area (Å²) in [6, 6.07) is 12.4. The summed E-state index contributed by atoms with van der Waals surface area (Å²) in [6.45, 7) is 6.68. The van der Waals surface area contributed by atoms with Crippen molar-refractivity contribution in [2.24, 2.45) is 11.3 Å². The summed E-state index contributed by atoms with van der Waals surface area (Å²) in [5.74, 6) is 0.617. The number of likely N-dealkylation sites (tertiary alicyclic amines) is 1. The topological polar surface area (TPSA) is 53.5 Å². The molecule has 1 aliphatic heterocycles. The predicted octanol–water partition coefficient (Wildman–Crippen LogP) is 4.18. The van der Waals surface area contributed by atoms with Crippen molar-refractivity contribution in [2.75, 3.05) is 26.2 Å². The molecule has 2 amide bonds. The minimum atomic E-state index is -0.543. The molecule has 0 radical (unpaired) electrons. The molecule has 0 N–H and O–H groups in total. The summed E-state index contributed by atoms with van der Waals surface area (Å²) in [5.41, 5.74) is 2.77. The summed E-state index contributed by atoms with van der Waals surface area (Å²) in [7, 11) is 0. The number of carbonyl (C=O) groups excluding carboxylic acids is 2. The van der Waals surface area contributed by atoms with E-state index in [1.165, 1.54) is 0 Å². The number of nitrogens with zero attached hydrogens (tertiary/aromatic N) is 3. The van der Waals surface area contributed by atoms with Gasteiger partial charge in [0.15, 0.2) is 0 Å². The van der Waals surface area contributed by atoms with Gasteiger partial charge in [0.05, 0.1) is 5.41 Å². The molecule has 5 heteroatoms. The lowest BCUT2D eigenvalue weighted by Gasteiger charge is -2.35. The molecule has 2 fully saturated rings. The Kier molecular flexibility index (Phi) is 6.40. The highest BCUT2D eigenvalue weighted by Gasteiger charge is 2.48. The first-order valence-electron chi connectivity index (χ1n) is 11.6. The lowest BCUT2D eigenvalue weighted by molar-refractivity contribution is -0.143. The Morgan fingerprint density at radius 1 is 1.13 bits per heavy atom. The lowest BCUT2D eigenvalue weighted by Crippen LogP contribution is -2.48. The third-order valence-electron chi connectivity index (χ3n) is 7.09. The van der Waals surface area contributed by atoms with Gasteiger partial charge in [-0.15, -0.1) is 0 Å². The van der Waals surface area contributed by atoms with Gasteiger partial charge in [-0.3, -0.25) is 14.6 Å². The maximum Gasteiger partial charge on any atom is 0.230 e. The van der Waals surface area contributed by atoms with Crippen molar-refractivity contribution >= 4 is 11.8 Å². The first-order chi connectivity index (χ1) is 15.1. The zero-order valence-electron chi connectivity index (χ0n) is 18.7. The van der Waals surface area contributed by atoms with Crippen molar-refractivity contribution < 1.29 is 9.59 Å². The molecular weight excluding hydrogens is 386 g/mol. The number of hydrogen-bond acceptors (Lipinski definition) is 3. The van der Waals surface area contributed by atoms with Crippen molar-refractivity contribution in [3.8, 4) is 11.1 Å². The molecule has 1 saturated carbocycles. The van der Waals surface area contributed by atoms with Gasteiger partial charge < -0.3 is 9.80 Å². The van der Waals surface area contributed by atoms with Crippen LogP contribution >= 0.6 is 0 Å². The maximum atomic E-state index is 13.7. The highest BCUT2D eigenvalue weighted by molar-refractivity contribution is 5.86. The molecule has 0 unspecified atom stereocenters. The van der Waals surface area contributed by atoms with Crippen LogP contribution in [0.1, 0.15) is 45.1 Å². The third-order valence-corrected chi connectivity index (χ3v) is 7.09. The highest BCUT2D eigenvalue weighted by atomic mass is 16.2. The predicted molar refractivity (Wildman–Crippen MR) is 122 cm³/mol. The number of amides is 2. The molecule has 2 aromatic rings. The molecule has 1 atom stereocenters. The van der Waals surface area contributed by atoms with Gasteiger partial charge in [-0.25, -0.2) is 0 Å². The van der Waals surface area contributed by atoms with Gasteiger partial charge in [0.1, 0.15) is 0 Å². The summed E-state index contributed by atoms with van der Waals surface area (Å²) in [5, 5.41) is 0. The van der Waals surface area contributed by atoms with Gasteiger partial charge in [-0.1, -0.05) is 36.8 Å². The molecule has 4 rings (SSSR count). The lowest BCUT2D eigenvalue weighted by atomic mass is 9.78. The van der Waals surface area contributed by atoms with E-state index >= 15 is 0 Å². The van der Waals surface area contributed by atoms with Gasteiger partial charge in [0, 0.05) is 44.5 Å². The fraction of sp³-hybridized carbons (Fsp3) is 0.500. The van der Waals surface area contributed by atoms with Crippen LogP contribution in [-0.4, -0.2) is 52.8 Å². The normalized spacial score (nSPS) is 21.0. The Balaban J connectivity index is 1.61. The van der Waals surface area contributed by atoms with Crippen LogP contribution in [0.3, 0.4) is 0 Å².